The molecule has 0 unspecified atom stereocenters. The van der Waals surface area contributed by atoms with Crippen molar-refractivity contribution in [3.8, 4) is 0 Å². The highest BCUT2D eigenvalue weighted by Gasteiger charge is 2.14. The van der Waals surface area contributed by atoms with E-state index in [2.05, 4.69) is 20.2 Å². The molecule has 10 heteroatoms. The van der Waals surface area contributed by atoms with Crippen LogP contribution in [0.4, 0.5) is 10.8 Å². The molecule has 3 rings (SSSR count). The van der Waals surface area contributed by atoms with E-state index < -0.39 is 10.0 Å². The Balaban J connectivity index is 1.66. The number of amides is 1. The Hall–Kier alpha value is -2.43. The lowest BCUT2D eigenvalue weighted by Crippen LogP contribution is -2.14. The van der Waals surface area contributed by atoms with Crippen molar-refractivity contribution in [2.75, 3.05) is 15.8 Å². The van der Waals surface area contributed by atoms with Crippen LogP contribution in [0.3, 0.4) is 0 Å². The summed E-state index contributed by atoms with van der Waals surface area (Å²) in [6.07, 6.45) is 0. The minimum atomic E-state index is -3.67. The molecule has 2 N–H and O–H groups in total. The average Bonchev–Trinajstić information content (AvgIpc) is 3.10. The monoisotopic (exact) mass is 420 g/mol. The molecule has 2 aromatic carbocycles. The Morgan fingerprint density at radius 3 is 2.44 bits per heavy atom. The lowest BCUT2D eigenvalue weighted by atomic mass is 10.2. The van der Waals surface area contributed by atoms with Gasteiger partial charge in [-0.05, 0) is 42.2 Å². The molecule has 27 heavy (non-hydrogen) atoms. The highest BCUT2D eigenvalue weighted by Crippen LogP contribution is 2.25. The van der Waals surface area contributed by atoms with Crippen molar-refractivity contribution < 1.29 is 13.2 Å². The summed E-state index contributed by atoms with van der Waals surface area (Å²) >= 11 is 2.86. The zero-order valence-electron chi connectivity index (χ0n) is 14.2. The van der Waals surface area contributed by atoms with Gasteiger partial charge in [0.05, 0.1) is 4.90 Å². The van der Waals surface area contributed by atoms with Crippen LogP contribution in [0.1, 0.15) is 17.3 Å². The van der Waals surface area contributed by atoms with Gasteiger partial charge in [0.15, 0.2) is 4.34 Å². The van der Waals surface area contributed by atoms with Crippen molar-refractivity contribution in [3.63, 3.8) is 0 Å². The quantitative estimate of drug-likeness (QED) is 0.446. The Morgan fingerprint density at radius 2 is 1.78 bits per heavy atom. The van der Waals surface area contributed by atoms with E-state index in [4.69, 9.17) is 0 Å². The molecule has 0 atom stereocenters. The Morgan fingerprint density at radius 1 is 1.07 bits per heavy atom. The fourth-order valence-electron chi connectivity index (χ4n) is 2.11. The first kappa shape index (κ1) is 19.3. The first-order chi connectivity index (χ1) is 13.0. The van der Waals surface area contributed by atoms with Gasteiger partial charge in [-0.25, -0.2) is 8.42 Å². The third-order valence-electron chi connectivity index (χ3n) is 3.35. The molecule has 140 valence electrons. The molecule has 0 radical (unpaired) electrons. The van der Waals surface area contributed by atoms with Crippen molar-refractivity contribution >= 4 is 49.8 Å². The maximum atomic E-state index is 12.3. The molecule has 0 aliphatic carbocycles. The summed E-state index contributed by atoms with van der Waals surface area (Å²) in [6, 6.07) is 14.2. The molecule has 1 amide bonds. The summed E-state index contributed by atoms with van der Waals surface area (Å²) < 4.78 is 27.9. The zero-order valence-corrected chi connectivity index (χ0v) is 16.7. The summed E-state index contributed by atoms with van der Waals surface area (Å²) in [5.41, 5.74) is 0.755. The van der Waals surface area contributed by atoms with E-state index in [1.165, 1.54) is 35.6 Å². The highest BCUT2D eigenvalue weighted by molar-refractivity contribution is 8.01. The van der Waals surface area contributed by atoms with Crippen LogP contribution in [0.15, 0.2) is 63.8 Å². The molecule has 0 saturated heterocycles. The van der Waals surface area contributed by atoms with E-state index >= 15 is 0 Å². The van der Waals surface area contributed by atoms with Crippen molar-refractivity contribution in [1.82, 2.24) is 10.2 Å². The van der Waals surface area contributed by atoms with Gasteiger partial charge in [-0.15, -0.1) is 10.2 Å². The van der Waals surface area contributed by atoms with Crippen molar-refractivity contribution in [2.45, 2.75) is 16.2 Å². The summed E-state index contributed by atoms with van der Waals surface area (Å²) in [7, 11) is -3.67. The molecule has 0 bridgehead atoms. The number of sulfonamides is 1. The van der Waals surface area contributed by atoms with Crippen molar-refractivity contribution in [1.29, 1.82) is 0 Å². The number of aromatic nitrogens is 2. The van der Waals surface area contributed by atoms with Crippen LogP contribution in [-0.4, -0.2) is 30.3 Å². The number of anilines is 2. The molecule has 3 aromatic rings. The van der Waals surface area contributed by atoms with Crippen LogP contribution in [0.2, 0.25) is 0 Å². The molecule has 0 spiro atoms. The fraction of sp³-hybridized carbons (Fsp3) is 0.118. The topological polar surface area (TPSA) is 101 Å². The summed E-state index contributed by atoms with van der Waals surface area (Å²) in [5.74, 6) is 0.541. The van der Waals surface area contributed by atoms with Gasteiger partial charge >= 0.3 is 0 Å². The van der Waals surface area contributed by atoms with Crippen LogP contribution in [-0.2, 0) is 10.0 Å². The fourth-order valence-corrected chi connectivity index (χ4v) is 4.84. The standard InChI is InChI=1S/C17H16N4O3S3/c1-2-25-17-20-19-16(26-17)18-15(22)12-8-10-13(11-9-12)21-27(23,24)14-6-4-3-5-7-14/h3-11,21H,2H2,1H3,(H,18,19,22). The third kappa shape index (κ3) is 5.06. The second-order valence-corrected chi connectivity index (χ2v) is 9.43. The minimum Gasteiger partial charge on any atom is -0.296 e. The number of thioether (sulfide) groups is 1. The van der Waals surface area contributed by atoms with E-state index in [0.717, 1.165) is 10.1 Å². The predicted octanol–water partition coefficient (Wildman–Crippen LogP) is 3.70. The number of hydrogen-bond acceptors (Lipinski definition) is 7. The second-order valence-electron chi connectivity index (χ2n) is 5.26. The molecule has 0 fully saturated rings. The van der Waals surface area contributed by atoms with Crippen molar-refractivity contribution in [3.05, 3.63) is 60.2 Å². The van der Waals surface area contributed by atoms with Gasteiger partial charge in [0, 0.05) is 11.3 Å². The zero-order chi connectivity index (χ0) is 19.3. The number of nitrogens with one attached hydrogen (secondary N) is 2. The largest absolute Gasteiger partial charge is 0.296 e. The van der Waals surface area contributed by atoms with E-state index in [-0.39, 0.29) is 10.8 Å². The van der Waals surface area contributed by atoms with Gasteiger partial charge in [0.25, 0.3) is 15.9 Å². The van der Waals surface area contributed by atoms with Crippen LogP contribution >= 0.6 is 23.1 Å². The molecule has 0 aliphatic rings. The third-order valence-corrected chi connectivity index (χ3v) is 6.60. The number of carbonyl (C=O) groups excluding carboxylic acids is 1. The number of nitrogens with zero attached hydrogens (tertiary/aromatic N) is 2. The highest BCUT2D eigenvalue weighted by atomic mass is 32.2. The molecular formula is C17H16N4O3S3. The normalized spacial score (nSPS) is 11.1. The minimum absolute atomic E-state index is 0.170. The maximum absolute atomic E-state index is 12.3. The van der Waals surface area contributed by atoms with Gasteiger partial charge in [-0.3, -0.25) is 14.8 Å². The number of rotatable bonds is 7. The first-order valence-corrected chi connectivity index (χ1v) is 11.2. The molecule has 7 nitrogen and oxygen atoms in total. The van der Waals surface area contributed by atoms with Gasteiger partial charge in [0.2, 0.25) is 5.13 Å². The van der Waals surface area contributed by atoms with Crippen LogP contribution < -0.4 is 10.0 Å². The molecular weight excluding hydrogens is 404 g/mol. The summed E-state index contributed by atoms with van der Waals surface area (Å²) in [6.45, 7) is 2.01. The Bertz CT molecular complexity index is 1020. The lowest BCUT2D eigenvalue weighted by molar-refractivity contribution is 0.102. The average molecular weight is 421 g/mol. The summed E-state index contributed by atoms with van der Waals surface area (Å²) in [5, 5.41) is 11.0. The SMILES string of the molecule is CCSc1nnc(NC(=O)c2ccc(NS(=O)(=O)c3ccccc3)cc2)s1. The molecule has 1 heterocycles. The second kappa shape index (κ2) is 8.51. The molecule has 1 aromatic heterocycles. The summed E-state index contributed by atoms with van der Waals surface area (Å²) in [4.78, 5) is 12.5. The van der Waals surface area contributed by atoms with Gasteiger partial charge in [-0.2, -0.15) is 0 Å². The predicted molar refractivity (Wildman–Crippen MR) is 108 cm³/mol. The maximum Gasteiger partial charge on any atom is 0.261 e. The van der Waals surface area contributed by atoms with Crippen molar-refractivity contribution in [2.24, 2.45) is 0 Å². The Labute approximate surface area is 165 Å². The smallest absolute Gasteiger partial charge is 0.261 e. The lowest BCUT2D eigenvalue weighted by Gasteiger charge is -2.08. The van der Waals surface area contributed by atoms with E-state index in [1.54, 1.807) is 42.1 Å². The molecule has 0 saturated carbocycles. The van der Waals surface area contributed by atoms with Gasteiger partial charge < -0.3 is 0 Å². The van der Waals surface area contributed by atoms with E-state index in [1.807, 2.05) is 6.92 Å². The number of benzene rings is 2. The number of carbonyl (C=O) groups is 1. The van der Waals surface area contributed by atoms with Gasteiger partial charge in [0.1, 0.15) is 0 Å². The Kier molecular flexibility index (Phi) is 6.09. The van der Waals surface area contributed by atoms with Gasteiger partial charge in [-0.1, -0.05) is 48.2 Å². The van der Waals surface area contributed by atoms with Crippen LogP contribution in [0, 0.1) is 0 Å². The van der Waals surface area contributed by atoms with E-state index in [9.17, 15) is 13.2 Å². The first-order valence-electron chi connectivity index (χ1n) is 7.93. The van der Waals surface area contributed by atoms with E-state index in [0.29, 0.717) is 16.4 Å². The van der Waals surface area contributed by atoms with Crippen LogP contribution in [0.25, 0.3) is 0 Å². The van der Waals surface area contributed by atoms with Crippen LogP contribution in [0.5, 0.6) is 0 Å². The number of hydrogen-bond donors (Lipinski definition) is 2. The molecule has 0 aliphatic heterocycles.